The Labute approximate surface area is 86.9 Å². The van der Waals surface area contributed by atoms with Crippen molar-refractivity contribution >= 4 is 23.2 Å². The number of aromatic nitrogens is 4. The van der Waals surface area contributed by atoms with Crippen LogP contribution >= 0.6 is 11.5 Å². The Hall–Kier alpha value is -2.16. The molecule has 0 amide bonds. The molecule has 2 aromatic heterocycles. The molecule has 1 aliphatic rings. The van der Waals surface area contributed by atoms with Gasteiger partial charge < -0.3 is 4.42 Å². The molecule has 73 valence electrons. The summed E-state index contributed by atoms with van der Waals surface area (Å²) in [4.78, 5) is 4.08. The van der Waals surface area contributed by atoms with E-state index in [2.05, 4.69) is 35.3 Å². The predicted octanol–water partition coefficient (Wildman–Crippen LogP) is -0.353. The van der Waals surface area contributed by atoms with Gasteiger partial charge in [0.2, 0.25) is 18.1 Å². The van der Waals surface area contributed by atoms with E-state index in [1.807, 2.05) is 0 Å². The fourth-order valence-corrected chi connectivity index (χ4v) is 1.41. The van der Waals surface area contributed by atoms with Crippen molar-refractivity contribution < 1.29 is 4.42 Å². The number of aliphatic imine (C=N–C) groups is 1. The molecule has 15 heavy (non-hydrogen) atoms. The summed E-state index contributed by atoms with van der Waals surface area (Å²) in [6.45, 7) is 0. The second-order valence-electron chi connectivity index (χ2n) is 2.49. The summed E-state index contributed by atoms with van der Waals surface area (Å²) in [6.07, 6.45) is 1.20. The number of hydrogen-bond acceptors (Lipinski definition) is 8. The van der Waals surface area contributed by atoms with Crippen molar-refractivity contribution in [2.45, 2.75) is 0 Å². The molecule has 0 bridgehead atoms. The maximum Gasteiger partial charge on any atom is 0.287 e. The second kappa shape index (κ2) is 3.20. The standard InChI is InChI=1S/C6H2N7OS/c1-3(9-13-15-1)4-8-5(11-10-4)6-12-7-2-14-6/h1-2H. The van der Waals surface area contributed by atoms with E-state index in [0.717, 1.165) is 0 Å². The summed E-state index contributed by atoms with van der Waals surface area (Å²) < 4.78 is 8.63. The maximum absolute atomic E-state index is 4.93. The number of amidine groups is 2. The average Bonchev–Trinajstić information content (AvgIpc) is 3.02. The van der Waals surface area contributed by atoms with E-state index < -0.39 is 0 Å². The lowest BCUT2D eigenvalue weighted by Crippen LogP contribution is -2.07. The molecule has 0 aliphatic carbocycles. The Morgan fingerprint density at radius 3 is 2.93 bits per heavy atom. The third-order valence-electron chi connectivity index (χ3n) is 1.59. The van der Waals surface area contributed by atoms with E-state index in [4.69, 9.17) is 4.42 Å². The first-order valence-corrected chi connectivity index (χ1v) is 4.68. The highest BCUT2D eigenvalue weighted by atomic mass is 32.1. The van der Waals surface area contributed by atoms with Crippen molar-refractivity contribution in [2.75, 3.05) is 0 Å². The lowest BCUT2D eigenvalue weighted by atomic mass is 10.4. The van der Waals surface area contributed by atoms with Crippen molar-refractivity contribution in [2.24, 2.45) is 10.1 Å². The minimum absolute atomic E-state index is 0.233. The van der Waals surface area contributed by atoms with Crippen LogP contribution < -0.4 is 5.43 Å². The van der Waals surface area contributed by atoms with Crippen LogP contribution in [0.4, 0.5) is 0 Å². The molecule has 3 heterocycles. The van der Waals surface area contributed by atoms with E-state index in [1.54, 1.807) is 5.38 Å². The summed E-state index contributed by atoms with van der Waals surface area (Å²) in [5, 5.41) is 16.5. The molecule has 0 saturated heterocycles. The predicted molar refractivity (Wildman–Crippen MR) is 49.4 cm³/mol. The Balaban J connectivity index is 1.92. The Morgan fingerprint density at radius 2 is 2.20 bits per heavy atom. The van der Waals surface area contributed by atoms with E-state index >= 15 is 0 Å². The molecule has 8 nitrogen and oxygen atoms in total. The van der Waals surface area contributed by atoms with Crippen LogP contribution in [0.5, 0.6) is 0 Å². The average molecular weight is 220 g/mol. The number of hydrogen-bond donors (Lipinski definition) is 0. The molecule has 0 N–H and O–H groups in total. The SMILES string of the molecule is c1nnc(C2=N[N]C(c3csnn3)=N2)o1. The van der Waals surface area contributed by atoms with Crippen LogP contribution in [0.1, 0.15) is 11.6 Å². The van der Waals surface area contributed by atoms with E-state index in [1.165, 1.54) is 17.9 Å². The van der Waals surface area contributed by atoms with Crippen molar-refractivity contribution in [3.8, 4) is 0 Å². The van der Waals surface area contributed by atoms with Gasteiger partial charge in [-0.15, -0.1) is 25.8 Å². The topological polar surface area (TPSA) is 104 Å². The number of nitrogens with zero attached hydrogens (tertiary/aromatic N) is 7. The number of rotatable bonds is 2. The first-order valence-electron chi connectivity index (χ1n) is 3.85. The monoisotopic (exact) mass is 220 g/mol. The van der Waals surface area contributed by atoms with E-state index in [9.17, 15) is 0 Å². The largest absolute Gasteiger partial charge is 0.421 e. The van der Waals surface area contributed by atoms with Gasteiger partial charge in [-0.2, -0.15) is 4.99 Å². The van der Waals surface area contributed by atoms with Crippen LogP contribution in [0.15, 0.2) is 26.3 Å². The molecule has 0 atom stereocenters. The fraction of sp³-hybridized carbons (Fsp3) is 0. The molecule has 1 radical (unpaired) electrons. The van der Waals surface area contributed by atoms with Gasteiger partial charge in [0.05, 0.1) is 0 Å². The molecule has 0 spiro atoms. The molecule has 0 fully saturated rings. The summed E-state index contributed by atoms with van der Waals surface area (Å²) in [7, 11) is 0. The minimum Gasteiger partial charge on any atom is -0.421 e. The van der Waals surface area contributed by atoms with Crippen molar-refractivity contribution in [1.29, 1.82) is 0 Å². The van der Waals surface area contributed by atoms with E-state index in [-0.39, 0.29) is 11.7 Å². The van der Waals surface area contributed by atoms with Gasteiger partial charge in [-0.3, -0.25) is 0 Å². The Kier molecular flexibility index (Phi) is 1.75. The zero-order valence-electron chi connectivity index (χ0n) is 7.10. The lowest BCUT2D eigenvalue weighted by Gasteiger charge is -1.86. The molecule has 0 aromatic carbocycles. The van der Waals surface area contributed by atoms with Crippen LogP contribution in [0.25, 0.3) is 0 Å². The normalized spacial score (nSPS) is 14.7. The molecule has 1 aliphatic heterocycles. The minimum atomic E-state index is 0.233. The molecule has 0 unspecified atom stereocenters. The molecule has 3 rings (SSSR count). The highest BCUT2D eigenvalue weighted by molar-refractivity contribution is 7.03. The first kappa shape index (κ1) is 8.17. The van der Waals surface area contributed by atoms with Crippen LogP contribution in [-0.4, -0.2) is 31.5 Å². The first-order chi connectivity index (χ1) is 7.43. The van der Waals surface area contributed by atoms with E-state index in [0.29, 0.717) is 11.5 Å². The van der Waals surface area contributed by atoms with Gasteiger partial charge in [-0.05, 0) is 11.5 Å². The summed E-state index contributed by atoms with van der Waals surface area (Å²) in [6, 6.07) is 0. The molecule has 9 heteroatoms. The van der Waals surface area contributed by atoms with Gasteiger partial charge in [0.1, 0.15) is 5.69 Å². The van der Waals surface area contributed by atoms with Gasteiger partial charge in [0, 0.05) is 5.38 Å². The van der Waals surface area contributed by atoms with Gasteiger partial charge in [-0.25, -0.2) is 0 Å². The van der Waals surface area contributed by atoms with Crippen molar-refractivity contribution in [1.82, 2.24) is 25.2 Å². The lowest BCUT2D eigenvalue weighted by molar-refractivity contribution is 0.542. The molecular formula is C6H2N7OS. The van der Waals surface area contributed by atoms with Gasteiger partial charge in [-0.1, -0.05) is 4.49 Å². The summed E-state index contributed by atoms with van der Waals surface area (Å²) >= 11 is 1.22. The highest BCUT2D eigenvalue weighted by Crippen LogP contribution is 2.07. The highest BCUT2D eigenvalue weighted by Gasteiger charge is 2.20. The van der Waals surface area contributed by atoms with Crippen LogP contribution in [0, 0.1) is 0 Å². The van der Waals surface area contributed by atoms with Gasteiger partial charge in [0.15, 0.2) is 0 Å². The van der Waals surface area contributed by atoms with Gasteiger partial charge >= 0.3 is 0 Å². The second-order valence-corrected chi connectivity index (χ2v) is 3.10. The van der Waals surface area contributed by atoms with Crippen LogP contribution in [-0.2, 0) is 0 Å². The third-order valence-corrected chi connectivity index (χ3v) is 2.10. The quantitative estimate of drug-likeness (QED) is 0.687. The summed E-state index contributed by atoms with van der Waals surface area (Å²) in [5.41, 5.74) is 4.41. The third kappa shape index (κ3) is 1.38. The zero-order chi connectivity index (χ0) is 10.1. The van der Waals surface area contributed by atoms with Gasteiger partial charge in [0.25, 0.3) is 5.89 Å². The molecular weight excluding hydrogens is 218 g/mol. The smallest absolute Gasteiger partial charge is 0.287 e. The van der Waals surface area contributed by atoms with Crippen molar-refractivity contribution in [3.63, 3.8) is 0 Å². The molecule has 2 aromatic rings. The molecule has 0 saturated carbocycles. The maximum atomic E-state index is 4.93. The Morgan fingerprint density at radius 1 is 1.20 bits per heavy atom. The fourth-order valence-electron chi connectivity index (χ4n) is 0.971. The van der Waals surface area contributed by atoms with Crippen molar-refractivity contribution in [3.05, 3.63) is 23.4 Å². The Bertz CT molecular complexity index is 514. The summed E-state index contributed by atoms with van der Waals surface area (Å²) in [5.74, 6) is 0.921. The van der Waals surface area contributed by atoms with Crippen LogP contribution in [0.2, 0.25) is 0 Å². The van der Waals surface area contributed by atoms with Crippen LogP contribution in [0.3, 0.4) is 0 Å². The zero-order valence-corrected chi connectivity index (χ0v) is 7.92.